The maximum Gasteiger partial charge on any atom is 0.253 e. The minimum atomic E-state index is -3.83. The van der Waals surface area contributed by atoms with Crippen molar-refractivity contribution >= 4 is 20.9 Å². The number of aryl methyl sites for hydroxylation is 4. The van der Waals surface area contributed by atoms with Gasteiger partial charge < -0.3 is 4.57 Å². The summed E-state index contributed by atoms with van der Waals surface area (Å²) in [7, 11) is -2.10. The summed E-state index contributed by atoms with van der Waals surface area (Å²) >= 11 is 0. The topological polar surface area (TPSA) is 77.2 Å². The summed E-state index contributed by atoms with van der Waals surface area (Å²) in [6.07, 6.45) is 4.91. The van der Waals surface area contributed by atoms with E-state index in [0.29, 0.717) is 37.1 Å². The minimum Gasteiger partial charge on any atom is -0.316 e. The lowest BCUT2D eigenvalue weighted by Crippen LogP contribution is -2.36. The Morgan fingerprint density at radius 3 is 2.43 bits per heavy atom. The minimum absolute atomic E-state index is 0.0481. The number of benzene rings is 3. The second kappa shape index (κ2) is 10.3. The summed E-state index contributed by atoms with van der Waals surface area (Å²) in [5, 5.41) is 5.60. The highest BCUT2D eigenvalue weighted by atomic mass is 32.2. The zero-order valence-electron chi connectivity index (χ0n) is 24.1. The molecule has 3 aromatic carbocycles. The smallest absolute Gasteiger partial charge is 0.253 e. The van der Waals surface area contributed by atoms with Crippen molar-refractivity contribution in [3.8, 4) is 5.69 Å². The lowest BCUT2D eigenvalue weighted by molar-refractivity contribution is 0.413. The lowest BCUT2D eigenvalue weighted by Gasteiger charge is -2.32. The third kappa shape index (κ3) is 4.76. The highest BCUT2D eigenvalue weighted by Crippen LogP contribution is 2.42. The molecule has 9 heteroatoms. The van der Waals surface area contributed by atoms with Crippen LogP contribution in [0, 0.1) is 26.6 Å². The van der Waals surface area contributed by atoms with Crippen molar-refractivity contribution in [1.29, 1.82) is 0 Å². The summed E-state index contributed by atoms with van der Waals surface area (Å²) in [6.45, 7) is 6.10. The van der Waals surface area contributed by atoms with Gasteiger partial charge in [-0.15, -0.1) is 0 Å². The Bertz CT molecular complexity index is 1970. The number of rotatable bonds is 6. The van der Waals surface area contributed by atoms with Gasteiger partial charge in [0.25, 0.3) is 5.56 Å². The monoisotopic (exact) mass is 584 g/mol. The number of hydrogen-bond acceptors (Lipinski definition) is 4. The predicted molar refractivity (Wildman–Crippen MR) is 162 cm³/mol. The van der Waals surface area contributed by atoms with Crippen LogP contribution in [0.15, 0.2) is 88.8 Å². The fraction of sp³-hybridized carbons (Fsp3) is 0.273. The highest BCUT2D eigenvalue weighted by molar-refractivity contribution is 7.89. The van der Waals surface area contributed by atoms with Gasteiger partial charge in [0.05, 0.1) is 22.3 Å². The zero-order chi connectivity index (χ0) is 29.8. The van der Waals surface area contributed by atoms with Crippen molar-refractivity contribution in [2.75, 3.05) is 13.1 Å². The van der Waals surface area contributed by atoms with Crippen LogP contribution < -0.4 is 5.56 Å². The van der Waals surface area contributed by atoms with Crippen LogP contribution in [0.3, 0.4) is 0 Å². The molecule has 0 spiro atoms. The Morgan fingerprint density at radius 1 is 0.952 bits per heavy atom. The van der Waals surface area contributed by atoms with Crippen LogP contribution in [0.5, 0.6) is 0 Å². The molecule has 0 N–H and O–H groups in total. The van der Waals surface area contributed by atoms with Gasteiger partial charge in [-0.3, -0.25) is 4.79 Å². The van der Waals surface area contributed by atoms with E-state index in [0.717, 1.165) is 33.3 Å². The molecule has 1 saturated heterocycles. The van der Waals surface area contributed by atoms with Crippen LogP contribution in [-0.2, 0) is 28.9 Å². The predicted octanol–water partition coefficient (Wildman–Crippen LogP) is 5.36. The van der Waals surface area contributed by atoms with Crippen LogP contribution in [-0.4, -0.2) is 40.2 Å². The molecule has 0 amide bonds. The van der Waals surface area contributed by atoms with Crippen LogP contribution >= 0.6 is 0 Å². The number of sulfonamides is 1. The van der Waals surface area contributed by atoms with Crippen molar-refractivity contribution < 1.29 is 12.8 Å². The van der Waals surface area contributed by atoms with E-state index >= 15 is 0 Å². The molecule has 1 aliphatic heterocycles. The van der Waals surface area contributed by atoms with E-state index in [2.05, 4.69) is 36.3 Å². The second-order valence-corrected chi connectivity index (χ2v) is 13.5. The molecule has 0 radical (unpaired) electrons. The highest BCUT2D eigenvalue weighted by Gasteiger charge is 2.45. The van der Waals surface area contributed by atoms with Gasteiger partial charge in [0.15, 0.2) is 0 Å². The van der Waals surface area contributed by atoms with Crippen LogP contribution in [0.2, 0.25) is 0 Å². The molecular formula is C33H33FN4O3S. The number of aromatic nitrogens is 3. The van der Waals surface area contributed by atoms with Gasteiger partial charge in [-0.05, 0) is 92.3 Å². The van der Waals surface area contributed by atoms with Gasteiger partial charge in [0.2, 0.25) is 10.0 Å². The standard InChI is InChI=1S/C33H33FN4O3S/c1-22-16-31-26(19-35-38(31)27-14-24(3)32(39)36(4)20-27)17-29(22)33(18-25-8-6-5-7-9-25)12-13-37(21-33)42(40,41)28-10-11-30(34)23(2)15-28/h5-11,14-17,19-20H,12-13,18,21H2,1-4H3. The maximum absolute atomic E-state index is 14.0. The third-order valence-electron chi connectivity index (χ3n) is 8.55. The first-order valence-corrected chi connectivity index (χ1v) is 15.4. The number of halogens is 1. The number of nitrogens with zero attached hydrogens (tertiary/aromatic N) is 4. The van der Waals surface area contributed by atoms with E-state index in [1.165, 1.54) is 18.2 Å². The van der Waals surface area contributed by atoms with Gasteiger partial charge in [-0.2, -0.15) is 9.40 Å². The summed E-state index contributed by atoms with van der Waals surface area (Å²) < 4.78 is 46.4. The van der Waals surface area contributed by atoms with Crippen molar-refractivity contribution in [3.63, 3.8) is 0 Å². The molecule has 2 aromatic heterocycles. The van der Waals surface area contributed by atoms with Gasteiger partial charge in [-0.1, -0.05) is 30.3 Å². The Hall–Kier alpha value is -4.08. The van der Waals surface area contributed by atoms with E-state index in [-0.39, 0.29) is 10.5 Å². The average molecular weight is 585 g/mol. The Morgan fingerprint density at radius 2 is 1.71 bits per heavy atom. The van der Waals surface area contributed by atoms with Crippen molar-refractivity contribution in [1.82, 2.24) is 18.7 Å². The molecule has 5 aromatic rings. The maximum atomic E-state index is 14.0. The molecule has 1 fully saturated rings. The Balaban J connectivity index is 1.45. The van der Waals surface area contributed by atoms with Gasteiger partial charge >= 0.3 is 0 Å². The van der Waals surface area contributed by atoms with E-state index in [4.69, 9.17) is 0 Å². The molecule has 42 heavy (non-hydrogen) atoms. The first kappa shape index (κ1) is 28.1. The molecule has 3 heterocycles. The summed E-state index contributed by atoms with van der Waals surface area (Å²) in [5.74, 6) is -0.425. The normalized spacial score (nSPS) is 17.7. The Labute approximate surface area is 244 Å². The first-order valence-electron chi connectivity index (χ1n) is 14.0. The molecule has 0 aliphatic carbocycles. The van der Waals surface area contributed by atoms with Gasteiger partial charge in [0.1, 0.15) is 5.82 Å². The number of fused-ring (bicyclic) bond motifs is 1. The quantitative estimate of drug-likeness (QED) is 0.269. The fourth-order valence-electron chi connectivity index (χ4n) is 6.34. The summed E-state index contributed by atoms with van der Waals surface area (Å²) in [5.41, 5.74) is 5.38. The van der Waals surface area contributed by atoms with Crippen LogP contribution in [0.4, 0.5) is 4.39 Å². The second-order valence-electron chi connectivity index (χ2n) is 11.5. The zero-order valence-corrected chi connectivity index (χ0v) is 25.0. The molecular weight excluding hydrogens is 551 g/mol. The Kier molecular flexibility index (Phi) is 6.90. The molecule has 216 valence electrons. The largest absolute Gasteiger partial charge is 0.316 e. The molecule has 0 bridgehead atoms. The van der Waals surface area contributed by atoms with Gasteiger partial charge in [-0.25, -0.2) is 17.5 Å². The van der Waals surface area contributed by atoms with Crippen LogP contribution in [0.1, 0.15) is 34.2 Å². The molecule has 6 rings (SSSR count). The summed E-state index contributed by atoms with van der Waals surface area (Å²) in [4.78, 5) is 12.4. The van der Waals surface area contributed by atoms with Crippen molar-refractivity contribution in [2.24, 2.45) is 7.05 Å². The average Bonchev–Trinajstić information content (AvgIpc) is 3.58. The van der Waals surface area contributed by atoms with Crippen molar-refractivity contribution in [2.45, 2.75) is 43.9 Å². The van der Waals surface area contributed by atoms with Crippen molar-refractivity contribution in [3.05, 3.63) is 123 Å². The molecule has 1 aliphatic rings. The third-order valence-corrected chi connectivity index (χ3v) is 10.4. The molecule has 0 saturated carbocycles. The molecule has 1 atom stereocenters. The fourth-order valence-corrected chi connectivity index (χ4v) is 7.95. The number of hydrogen-bond donors (Lipinski definition) is 0. The van der Waals surface area contributed by atoms with Crippen LogP contribution in [0.25, 0.3) is 16.6 Å². The molecule has 7 nitrogen and oxygen atoms in total. The van der Waals surface area contributed by atoms with E-state index in [1.807, 2.05) is 35.1 Å². The number of pyridine rings is 1. The van der Waals surface area contributed by atoms with Gasteiger partial charge in [0, 0.05) is 42.7 Å². The first-order chi connectivity index (χ1) is 20.0. The van der Waals surface area contributed by atoms with E-state index < -0.39 is 21.3 Å². The lowest BCUT2D eigenvalue weighted by atomic mass is 9.73. The molecule has 1 unspecified atom stereocenters. The van der Waals surface area contributed by atoms with E-state index in [1.54, 1.807) is 36.0 Å². The SMILES string of the molecule is Cc1cc(S(=O)(=O)N2CCC(Cc3ccccc3)(c3cc4cnn(-c5cc(C)c(=O)n(C)c5)c4cc3C)C2)ccc1F. The van der Waals surface area contributed by atoms with E-state index in [9.17, 15) is 17.6 Å². The summed E-state index contributed by atoms with van der Waals surface area (Å²) in [6, 6.07) is 20.2.